The van der Waals surface area contributed by atoms with E-state index in [1.165, 1.54) is 6.92 Å². The van der Waals surface area contributed by atoms with Gasteiger partial charge in [-0.1, -0.05) is 0 Å². The highest BCUT2D eigenvalue weighted by atomic mass is 19.1. The van der Waals surface area contributed by atoms with E-state index >= 15 is 4.39 Å². The molecule has 0 unspecified atom stereocenters. The lowest BCUT2D eigenvalue weighted by Gasteiger charge is -2.20. The standard InChI is InChI=1S/C22H24FN3O3/c1-12-20(23)16(15-8-24-14(3)25-9-15)7-17-18(13(2)27)10-26(21(12)17)11-19(28)29-22(4,5)6/h7-10H,11H2,1-6H3. The first-order chi connectivity index (χ1) is 13.5. The second-order valence-corrected chi connectivity index (χ2v) is 8.09. The number of nitrogens with zero attached hydrogens (tertiary/aromatic N) is 3. The Hall–Kier alpha value is -3.09. The number of carbonyl (C=O) groups is 2. The Bertz CT molecular complexity index is 1110. The lowest BCUT2D eigenvalue weighted by atomic mass is 9.99. The zero-order chi connectivity index (χ0) is 21.5. The van der Waals surface area contributed by atoms with Gasteiger partial charge in [-0.15, -0.1) is 0 Å². The second kappa shape index (κ2) is 7.39. The van der Waals surface area contributed by atoms with Crippen LogP contribution in [-0.4, -0.2) is 31.9 Å². The van der Waals surface area contributed by atoms with Crippen LogP contribution < -0.4 is 0 Å². The predicted octanol–water partition coefficient (Wildman–Crippen LogP) is 4.40. The molecule has 2 heterocycles. The van der Waals surface area contributed by atoms with Crippen molar-refractivity contribution < 1.29 is 18.7 Å². The number of hydrogen-bond acceptors (Lipinski definition) is 5. The van der Waals surface area contributed by atoms with Crippen molar-refractivity contribution in [2.24, 2.45) is 0 Å². The van der Waals surface area contributed by atoms with Gasteiger partial charge in [0.15, 0.2) is 5.78 Å². The minimum atomic E-state index is -0.637. The van der Waals surface area contributed by atoms with Gasteiger partial charge in [0.25, 0.3) is 0 Å². The molecule has 0 N–H and O–H groups in total. The number of benzene rings is 1. The number of aryl methyl sites for hydroxylation is 2. The van der Waals surface area contributed by atoms with Crippen molar-refractivity contribution >= 4 is 22.7 Å². The lowest BCUT2D eigenvalue weighted by Crippen LogP contribution is -2.26. The van der Waals surface area contributed by atoms with Gasteiger partial charge in [0.1, 0.15) is 23.8 Å². The number of hydrogen-bond donors (Lipinski definition) is 0. The van der Waals surface area contributed by atoms with E-state index < -0.39 is 17.4 Å². The fraction of sp³-hybridized carbons (Fsp3) is 0.364. The summed E-state index contributed by atoms with van der Waals surface area (Å²) < 4.78 is 22.2. The number of rotatable bonds is 4. The van der Waals surface area contributed by atoms with Gasteiger partial charge in [-0.25, -0.2) is 14.4 Å². The lowest BCUT2D eigenvalue weighted by molar-refractivity contribution is -0.155. The SMILES string of the molecule is CC(=O)c1cn(CC(=O)OC(C)(C)C)c2c(C)c(F)c(-c3cnc(C)nc3)cc12. The topological polar surface area (TPSA) is 74.1 Å². The number of carbonyl (C=O) groups excluding carboxylic acids is 2. The van der Waals surface area contributed by atoms with Crippen molar-refractivity contribution in [3.05, 3.63) is 47.4 Å². The molecule has 0 amide bonds. The predicted molar refractivity (Wildman–Crippen MR) is 108 cm³/mol. The first-order valence-electron chi connectivity index (χ1n) is 9.31. The van der Waals surface area contributed by atoms with Gasteiger partial charge in [-0.2, -0.15) is 0 Å². The molecule has 3 rings (SSSR count). The molecule has 0 aliphatic heterocycles. The summed E-state index contributed by atoms with van der Waals surface area (Å²) in [5, 5.41) is 0.579. The quantitative estimate of drug-likeness (QED) is 0.482. The van der Waals surface area contributed by atoms with Crippen LogP contribution >= 0.6 is 0 Å². The van der Waals surface area contributed by atoms with E-state index in [0.717, 1.165) is 0 Å². The van der Waals surface area contributed by atoms with Gasteiger partial charge in [0.05, 0.1) is 5.52 Å². The molecule has 6 nitrogen and oxygen atoms in total. The molecule has 0 atom stereocenters. The van der Waals surface area contributed by atoms with Crippen LogP contribution in [0.3, 0.4) is 0 Å². The Labute approximate surface area is 168 Å². The number of Topliss-reactive ketones (excluding diaryl/α,β-unsaturated/α-hetero) is 1. The van der Waals surface area contributed by atoms with Crippen LogP contribution in [0.5, 0.6) is 0 Å². The van der Waals surface area contributed by atoms with Crippen molar-refractivity contribution in [3.8, 4) is 11.1 Å². The molecule has 29 heavy (non-hydrogen) atoms. The number of halogens is 1. The molecule has 1 aromatic carbocycles. The Kier molecular flexibility index (Phi) is 5.26. The van der Waals surface area contributed by atoms with E-state index in [-0.39, 0.29) is 12.3 Å². The largest absolute Gasteiger partial charge is 0.459 e. The highest BCUT2D eigenvalue weighted by molar-refractivity contribution is 6.09. The van der Waals surface area contributed by atoms with Crippen molar-refractivity contribution in [3.63, 3.8) is 0 Å². The van der Waals surface area contributed by atoms with Crippen molar-refractivity contribution in [2.45, 2.75) is 53.7 Å². The summed E-state index contributed by atoms with van der Waals surface area (Å²) in [6.07, 6.45) is 4.69. The van der Waals surface area contributed by atoms with Crippen molar-refractivity contribution in [1.82, 2.24) is 14.5 Å². The fourth-order valence-corrected chi connectivity index (χ4v) is 3.31. The van der Waals surface area contributed by atoms with E-state index in [0.29, 0.717) is 39.0 Å². The molecule has 7 heteroatoms. The monoisotopic (exact) mass is 397 g/mol. The number of esters is 1. The van der Waals surface area contributed by atoms with Gasteiger partial charge in [0, 0.05) is 46.2 Å². The smallest absolute Gasteiger partial charge is 0.326 e. The molecule has 0 spiro atoms. The third-order valence-electron chi connectivity index (χ3n) is 4.52. The average molecular weight is 397 g/mol. The van der Waals surface area contributed by atoms with E-state index in [1.54, 1.807) is 63.8 Å². The Morgan fingerprint density at radius 1 is 1.17 bits per heavy atom. The molecule has 0 saturated heterocycles. The van der Waals surface area contributed by atoms with Crippen LogP contribution in [0.15, 0.2) is 24.7 Å². The minimum absolute atomic E-state index is 0.117. The van der Waals surface area contributed by atoms with Crippen molar-refractivity contribution in [1.29, 1.82) is 0 Å². The summed E-state index contributed by atoms with van der Waals surface area (Å²) in [7, 11) is 0. The molecular weight excluding hydrogens is 373 g/mol. The van der Waals surface area contributed by atoms with Crippen molar-refractivity contribution in [2.75, 3.05) is 0 Å². The Balaban J connectivity index is 2.18. The molecular formula is C22H24FN3O3. The van der Waals surface area contributed by atoms with Crippen LogP contribution in [0.4, 0.5) is 4.39 Å². The van der Waals surface area contributed by atoms with Gasteiger partial charge >= 0.3 is 5.97 Å². The minimum Gasteiger partial charge on any atom is -0.459 e. The second-order valence-electron chi connectivity index (χ2n) is 8.09. The molecule has 152 valence electrons. The molecule has 0 aliphatic carbocycles. The summed E-state index contributed by atoms with van der Waals surface area (Å²) in [6, 6.07) is 1.62. The number of aromatic nitrogens is 3. The molecule has 0 aliphatic rings. The number of ether oxygens (including phenoxy) is 1. The average Bonchev–Trinajstić information content (AvgIpc) is 2.95. The normalized spacial score (nSPS) is 11.7. The maximum atomic E-state index is 15.2. The van der Waals surface area contributed by atoms with Gasteiger partial charge in [-0.3, -0.25) is 9.59 Å². The first kappa shape index (κ1) is 20.6. The third kappa shape index (κ3) is 4.18. The van der Waals surface area contributed by atoms with E-state index in [2.05, 4.69) is 9.97 Å². The van der Waals surface area contributed by atoms with Crippen LogP contribution in [0.2, 0.25) is 0 Å². The fourth-order valence-electron chi connectivity index (χ4n) is 3.31. The molecule has 0 saturated carbocycles. The van der Waals surface area contributed by atoms with E-state index in [1.807, 2.05) is 0 Å². The highest BCUT2D eigenvalue weighted by Crippen LogP contribution is 2.34. The summed E-state index contributed by atoms with van der Waals surface area (Å²) in [5.41, 5.74) is 1.45. The Morgan fingerprint density at radius 3 is 2.34 bits per heavy atom. The summed E-state index contributed by atoms with van der Waals surface area (Å²) in [6.45, 7) is 10.0. The molecule has 3 aromatic rings. The molecule has 2 aromatic heterocycles. The van der Waals surface area contributed by atoms with Crippen LogP contribution in [0.25, 0.3) is 22.0 Å². The maximum absolute atomic E-state index is 15.2. The molecule has 0 bridgehead atoms. The van der Waals surface area contributed by atoms with Gasteiger partial charge in [-0.05, 0) is 47.6 Å². The van der Waals surface area contributed by atoms with Crippen LogP contribution in [0, 0.1) is 19.7 Å². The summed E-state index contributed by atoms with van der Waals surface area (Å²) >= 11 is 0. The maximum Gasteiger partial charge on any atom is 0.326 e. The highest BCUT2D eigenvalue weighted by Gasteiger charge is 2.23. The van der Waals surface area contributed by atoms with E-state index in [9.17, 15) is 9.59 Å². The van der Waals surface area contributed by atoms with Gasteiger partial charge < -0.3 is 9.30 Å². The summed E-state index contributed by atoms with van der Waals surface area (Å²) in [5.74, 6) is -0.487. The molecule has 0 fully saturated rings. The van der Waals surface area contributed by atoms with Crippen LogP contribution in [-0.2, 0) is 16.1 Å². The first-order valence-corrected chi connectivity index (χ1v) is 9.31. The van der Waals surface area contributed by atoms with Crippen LogP contribution in [0.1, 0.15) is 49.4 Å². The van der Waals surface area contributed by atoms with E-state index in [4.69, 9.17) is 4.74 Å². The summed E-state index contributed by atoms with van der Waals surface area (Å²) in [4.78, 5) is 32.8. The number of fused-ring (bicyclic) bond motifs is 1. The third-order valence-corrected chi connectivity index (χ3v) is 4.52. The zero-order valence-electron chi connectivity index (χ0n) is 17.5. The van der Waals surface area contributed by atoms with Gasteiger partial charge in [0.2, 0.25) is 0 Å². The Morgan fingerprint density at radius 2 is 1.79 bits per heavy atom. The molecule has 0 radical (unpaired) electrons. The zero-order valence-corrected chi connectivity index (χ0v) is 17.5. The number of ketones is 1.